The smallest absolute Gasteiger partial charge is 0.416 e. The Morgan fingerprint density at radius 1 is 1.03 bits per heavy atom. The van der Waals surface area contributed by atoms with Crippen LogP contribution in [0.5, 0.6) is 5.75 Å². The summed E-state index contributed by atoms with van der Waals surface area (Å²) in [6, 6.07) is 12.9. The Bertz CT molecular complexity index is 975. The summed E-state index contributed by atoms with van der Waals surface area (Å²) in [5.74, 6) is 1.53. The van der Waals surface area contributed by atoms with Gasteiger partial charge in [-0.15, -0.1) is 0 Å². The maximum absolute atomic E-state index is 12.8. The molecule has 0 spiro atoms. The first-order valence-corrected chi connectivity index (χ1v) is 9.33. The number of aromatic nitrogens is 2. The van der Waals surface area contributed by atoms with Crippen molar-refractivity contribution in [3.05, 3.63) is 77.9 Å². The van der Waals surface area contributed by atoms with E-state index in [0.29, 0.717) is 19.7 Å². The lowest BCUT2D eigenvalue weighted by atomic mass is 10.0. The number of hydrogen-bond donors (Lipinski definition) is 0. The van der Waals surface area contributed by atoms with Crippen LogP contribution in [0.4, 0.5) is 13.2 Å². The van der Waals surface area contributed by atoms with Crippen LogP contribution < -0.4 is 4.74 Å². The molecule has 0 amide bonds. The van der Waals surface area contributed by atoms with Crippen LogP contribution in [0.3, 0.4) is 0 Å². The first-order chi connectivity index (χ1) is 13.9. The molecule has 0 saturated heterocycles. The molecule has 3 aromatic rings. The van der Waals surface area contributed by atoms with Crippen LogP contribution in [0.25, 0.3) is 11.1 Å². The summed E-state index contributed by atoms with van der Waals surface area (Å²) in [5.41, 5.74) is 1.92. The van der Waals surface area contributed by atoms with Gasteiger partial charge in [-0.3, -0.25) is 4.90 Å². The number of alkyl halides is 3. The highest BCUT2D eigenvalue weighted by Gasteiger charge is 2.30. The van der Waals surface area contributed by atoms with Crippen molar-refractivity contribution in [3.63, 3.8) is 0 Å². The molecule has 1 aliphatic rings. The maximum atomic E-state index is 12.8. The molecule has 0 saturated carbocycles. The van der Waals surface area contributed by atoms with E-state index in [-0.39, 0.29) is 6.04 Å². The molecule has 1 aliphatic heterocycles. The average Bonchev–Trinajstić information content (AvgIpc) is 2.87. The van der Waals surface area contributed by atoms with E-state index in [2.05, 4.69) is 21.8 Å². The fraction of sp³-hybridized carbons (Fsp3) is 0.273. The Morgan fingerprint density at radius 3 is 2.41 bits per heavy atom. The summed E-state index contributed by atoms with van der Waals surface area (Å²) >= 11 is 0. The third kappa shape index (κ3) is 4.40. The predicted octanol–water partition coefficient (Wildman–Crippen LogP) is 4.95. The predicted molar refractivity (Wildman–Crippen MR) is 103 cm³/mol. The van der Waals surface area contributed by atoms with Crippen molar-refractivity contribution in [1.82, 2.24) is 14.9 Å². The highest BCUT2D eigenvalue weighted by Crippen LogP contribution is 2.33. The van der Waals surface area contributed by atoms with Crippen molar-refractivity contribution in [2.24, 2.45) is 0 Å². The van der Waals surface area contributed by atoms with Gasteiger partial charge in [0.1, 0.15) is 18.2 Å². The molecule has 0 unspecified atom stereocenters. The van der Waals surface area contributed by atoms with Gasteiger partial charge in [0.25, 0.3) is 0 Å². The van der Waals surface area contributed by atoms with Gasteiger partial charge in [-0.1, -0.05) is 18.2 Å². The monoisotopic (exact) mass is 399 g/mol. The topological polar surface area (TPSA) is 38.2 Å². The van der Waals surface area contributed by atoms with E-state index in [0.717, 1.165) is 40.4 Å². The second-order valence-electron chi connectivity index (χ2n) is 7.13. The lowest BCUT2D eigenvalue weighted by molar-refractivity contribution is -0.137. The molecule has 2 aromatic carbocycles. The normalized spacial score (nSPS) is 17.3. The van der Waals surface area contributed by atoms with E-state index in [1.54, 1.807) is 18.5 Å². The third-order valence-corrected chi connectivity index (χ3v) is 5.05. The minimum Gasteiger partial charge on any atom is -0.492 e. The van der Waals surface area contributed by atoms with Crippen molar-refractivity contribution >= 4 is 0 Å². The largest absolute Gasteiger partial charge is 0.492 e. The zero-order chi connectivity index (χ0) is 20.4. The zero-order valence-corrected chi connectivity index (χ0v) is 15.9. The Labute approximate surface area is 167 Å². The number of ether oxygens (including phenoxy) is 1. The molecule has 1 atom stereocenters. The van der Waals surface area contributed by atoms with Crippen LogP contribution in [0, 0.1) is 0 Å². The molecule has 0 aliphatic carbocycles. The van der Waals surface area contributed by atoms with Gasteiger partial charge in [-0.2, -0.15) is 13.2 Å². The minimum absolute atomic E-state index is 0.167. The Morgan fingerprint density at radius 2 is 1.72 bits per heavy atom. The van der Waals surface area contributed by atoms with E-state index in [1.807, 2.05) is 18.2 Å². The average molecular weight is 399 g/mol. The van der Waals surface area contributed by atoms with Crippen molar-refractivity contribution in [3.8, 4) is 16.9 Å². The molecule has 0 radical (unpaired) electrons. The molecular weight excluding hydrogens is 379 g/mol. The van der Waals surface area contributed by atoms with Crippen molar-refractivity contribution in [1.29, 1.82) is 0 Å². The maximum Gasteiger partial charge on any atom is 0.416 e. The van der Waals surface area contributed by atoms with Gasteiger partial charge >= 0.3 is 6.18 Å². The summed E-state index contributed by atoms with van der Waals surface area (Å²) in [6.45, 7) is 3.86. The van der Waals surface area contributed by atoms with Gasteiger partial charge in [0, 0.05) is 30.5 Å². The van der Waals surface area contributed by atoms with E-state index < -0.39 is 11.7 Å². The minimum atomic E-state index is -4.34. The second-order valence-corrected chi connectivity index (χ2v) is 7.13. The summed E-state index contributed by atoms with van der Waals surface area (Å²) in [6.07, 6.45) is -0.897. The first kappa shape index (κ1) is 19.4. The van der Waals surface area contributed by atoms with Crippen molar-refractivity contribution in [2.45, 2.75) is 32.2 Å². The van der Waals surface area contributed by atoms with Gasteiger partial charge in [-0.25, -0.2) is 9.97 Å². The van der Waals surface area contributed by atoms with Gasteiger partial charge in [0.15, 0.2) is 0 Å². The van der Waals surface area contributed by atoms with Crippen molar-refractivity contribution < 1.29 is 17.9 Å². The van der Waals surface area contributed by atoms with Crippen LogP contribution in [0.1, 0.15) is 23.9 Å². The fourth-order valence-corrected chi connectivity index (χ4v) is 3.37. The van der Waals surface area contributed by atoms with Crippen LogP contribution >= 0.6 is 0 Å². The molecule has 29 heavy (non-hydrogen) atoms. The number of rotatable bonds is 3. The summed E-state index contributed by atoms with van der Waals surface area (Å²) in [7, 11) is 0. The molecule has 4 rings (SSSR count). The molecule has 7 heteroatoms. The Kier molecular flexibility index (Phi) is 5.24. The van der Waals surface area contributed by atoms with E-state index in [1.165, 1.54) is 12.1 Å². The molecule has 0 fully saturated rings. The third-order valence-electron chi connectivity index (χ3n) is 5.05. The van der Waals surface area contributed by atoms with Crippen molar-refractivity contribution in [2.75, 3.05) is 6.61 Å². The number of halogens is 3. The SMILES string of the molecule is C[C@H]1COc2ccc(-c3ccc(C(F)(F)F)cc3)cc2CN1Cc1ncccn1. The number of nitrogens with zero attached hydrogens (tertiary/aromatic N) is 3. The molecule has 150 valence electrons. The highest BCUT2D eigenvalue weighted by atomic mass is 19.4. The zero-order valence-electron chi connectivity index (χ0n) is 15.9. The van der Waals surface area contributed by atoms with E-state index >= 15 is 0 Å². The summed E-state index contributed by atoms with van der Waals surface area (Å²) in [4.78, 5) is 10.8. The molecule has 0 N–H and O–H groups in total. The molecule has 4 nitrogen and oxygen atoms in total. The van der Waals surface area contributed by atoms with Gasteiger partial charge in [0.2, 0.25) is 0 Å². The Hall–Kier alpha value is -2.93. The second kappa shape index (κ2) is 7.83. The molecule has 0 bridgehead atoms. The first-order valence-electron chi connectivity index (χ1n) is 9.33. The molecule has 2 heterocycles. The summed E-state index contributed by atoms with van der Waals surface area (Å²) in [5, 5.41) is 0. The van der Waals surface area contributed by atoms with Gasteiger partial charge in [-0.05, 0) is 48.4 Å². The molecular formula is C22H20F3N3O. The lowest BCUT2D eigenvalue weighted by Gasteiger charge is -2.25. The van der Waals surface area contributed by atoms with Gasteiger partial charge in [0.05, 0.1) is 12.1 Å². The highest BCUT2D eigenvalue weighted by molar-refractivity contribution is 5.66. The lowest BCUT2D eigenvalue weighted by Crippen LogP contribution is -2.34. The quantitative estimate of drug-likeness (QED) is 0.625. The summed E-state index contributed by atoms with van der Waals surface area (Å²) < 4.78 is 44.4. The van der Waals surface area contributed by atoms with Crippen LogP contribution in [0.15, 0.2) is 60.9 Å². The van der Waals surface area contributed by atoms with Crippen LogP contribution in [-0.2, 0) is 19.3 Å². The molecule has 1 aromatic heterocycles. The number of benzene rings is 2. The van der Waals surface area contributed by atoms with Crippen LogP contribution in [-0.4, -0.2) is 27.5 Å². The van der Waals surface area contributed by atoms with Crippen LogP contribution in [0.2, 0.25) is 0 Å². The Balaban J connectivity index is 1.60. The standard InChI is InChI=1S/C22H20F3N3O/c1-15-14-29-20-8-5-17(16-3-6-19(7-4-16)22(23,24)25)11-18(20)12-28(15)13-21-26-9-2-10-27-21/h2-11,15H,12-14H2,1H3/t15-/m0/s1. The van der Waals surface area contributed by atoms with Gasteiger partial charge < -0.3 is 4.74 Å². The van der Waals surface area contributed by atoms with E-state index in [4.69, 9.17) is 4.74 Å². The number of hydrogen-bond acceptors (Lipinski definition) is 4. The number of fused-ring (bicyclic) bond motifs is 1. The van der Waals surface area contributed by atoms with E-state index in [9.17, 15) is 13.2 Å². The fourth-order valence-electron chi connectivity index (χ4n) is 3.37.